The summed E-state index contributed by atoms with van der Waals surface area (Å²) >= 11 is 0. The van der Waals surface area contributed by atoms with E-state index in [0.717, 1.165) is 12.0 Å². The van der Waals surface area contributed by atoms with E-state index in [1.165, 1.54) is 5.56 Å². The van der Waals surface area contributed by atoms with Crippen LogP contribution < -0.4 is 5.48 Å². The summed E-state index contributed by atoms with van der Waals surface area (Å²) in [5.74, 6) is -0.349. The van der Waals surface area contributed by atoms with Crippen LogP contribution in [0, 0.1) is 0 Å². The number of benzene rings is 2. The Morgan fingerprint density at radius 2 is 1.48 bits per heavy atom. The van der Waals surface area contributed by atoms with Crippen LogP contribution in [0.3, 0.4) is 0 Å². The Labute approximate surface area is 135 Å². The minimum atomic E-state index is -0.926. The van der Waals surface area contributed by atoms with Gasteiger partial charge in [-0.1, -0.05) is 60.7 Å². The molecule has 0 aliphatic carbocycles. The van der Waals surface area contributed by atoms with E-state index < -0.39 is 6.16 Å². The quantitative estimate of drug-likeness (QED) is 0.656. The van der Waals surface area contributed by atoms with E-state index in [4.69, 9.17) is 4.74 Å². The van der Waals surface area contributed by atoms with Gasteiger partial charge in [-0.05, 0) is 24.0 Å². The van der Waals surface area contributed by atoms with E-state index in [9.17, 15) is 9.59 Å². The van der Waals surface area contributed by atoms with E-state index in [-0.39, 0.29) is 18.9 Å². The molecular weight excluding hydrogens is 294 g/mol. The molecule has 0 bridgehead atoms. The van der Waals surface area contributed by atoms with E-state index in [0.29, 0.717) is 6.42 Å². The molecule has 0 atom stereocenters. The van der Waals surface area contributed by atoms with Gasteiger partial charge < -0.3 is 9.57 Å². The smallest absolute Gasteiger partial charge is 0.428 e. The van der Waals surface area contributed by atoms with Crippen molar-refractivity contribution in [2.45, 2.75) is 25.9 Å². The maximum atomic E-state index is 11.6. The van der Waals surface area contributed by atoms with Gasteiger partial charge in [0.1, 0.15) is 6.61 Å². The number of ether oxygens (including phenoxy) is 1. The third-order valence-electron chi connectivity index (χ3n) is 3.16. The Balaban J connectivity index is 1.57. The predicted octanol–water partition coefficient (Wildman–Crippen LogP) is 3.39. The van der Waals surface area contributed by atoms with Crippen molar-refractivity contribution >= 4 is 12.1 Å². The second-order valence-electron chi connectivity index (χ2n) is 4.99. The molecule has 0 aromatic heterocycles. The van der Waals surface area contributed by atoms with Crippen molar-refractivity contribution in [3.63, 3.8) is 0 Å². The molecule has 0 saturated carbocycles. The van der Waals surface area contributed by atoms with E-state index >= 15 is 0 Å². The van der Waals surface area contributed by atoms with Crippen molar-refractivity contribution in [1.82, 2.24) is 5.48 Å². The number of amides is 1. The molecule has 5 heteroatoms. The second-order valence-corrected chi connectivity index (χ2v) is 4.99. The van der Waals surface area contributed by atoms with Gasteiger partial charge in [-0.15, -0.1) is 0 Å². The van der Waals surface area contributed by atoms with Crippen molar-refractivity contribution < 1.29 is 19.2 Å². The van der Waals surface area contributed by atoms with Gasteiger partial charge in [0.05, 0.1) is 0 Å². The molecule has 0 radical (unpaired) electrons. The normalized spacial score (nSPS) is 9.91. The van der Waals surface area contributed by atoms with Crippen LogP contribution in [0.15, 0.2) is 60.7 Å². The van der Waals surface area contributed by atoms with E-state index in [1.807, 2.05) is 60.7 Å². The summed E-state index contributed by atoms with van der Waals surface area (Å²) in [6.07, 6.45) is 0.830. The largest absolute Gasteiger partial charge is 0.533 e. The van der Waals surface area contributed by atoms with Crippen molar-refractivity contribution in [3.05, 3.63) is 71.8 Å². The molecule has 0 aliphatic heterocycles. The molecule has 0 fully saturated rings. The third kappa shape index (κ3) is 6.65. The maximum absolute atomic E-state index is 11.6. The number of hydroxylamine groups is 1. The Bertz CT molecular complexity index is 613. The lowest BCUT2D eigenvalue weighted by atomic mass is 10.1. The van der Waals surface area contributed by atoms with Crippen molar-refractivity contribution in [2.75, 3.05) is 0 Å². The highest BCUT2D eigenvalue weighted by Crippen LogP contribution is 2.04. The molecule has 120 valence electrons. The van der Waals surface area contributed by atoms with Gasteiger partial charge in [0.15, 0.2) is 0 Å². The van der Waals surface area contributed by atoms with Crippen LogP contribution in [0.4, 0.5) is 4.79 Å². The van der Waals surface area contributed by atoms with Crippen LogP contribution in [-0.2, 0) is 27.4 Å². The second kappa shape index (κ2) is 9.25. The number of nitrogens with one attached hydrogen (secondary N) is 1. The van der Waals surface area contributed by atoms with Crippen LogP contribution in [0.2, 0.25) is 0 Å². The van der Waals surface area contributed by atoms with Crippen LogP contribution in [-0.4, -0.2) is 12.1 Å². The first-order valence-electron chi connectivity index (χ1n) is 7.44. The predicted molar refractivity (Wildman–Crippen MR) is 85.2 cm³/mol. The highest BCUT2D eigenvalue weighted by atomic mass is 16.8. The van der Waals surface area contributed by atoms with Crippen molar-refractivity contribution in [1.29, 1.82) is 0 Å². The van der Waals surface area contributed by atoms with Gasteiger partial charge in [0, 0.05) is 6.42 Å². The number of carbonyl (C=O) groups excluding carboxylic acids is 2. The summed E-state index contributed by atoms with van der Waals surface area (Å²) in [6.45, 7) is 0.101. The molecule has 1 amide bonds. The van der Waals surface area contributed by atoms with Crippen LogP contribution in [0.1, 0.15) is 24.0 Å². The molecule has 0 aliphatic rings. The molecule has 2 rings (SSSR count). The number of rotatable bonds is 6. The van der Waals surface area contributed by atoms with Gasteiger partial charge in [0.25, 0.3) is 5.91 Å². The van der Waals surface area contributed by atoms with Crippen molar-refractivity contribution in [2.24, 2.45) is 0 Å². The lowest BCUT2D eigenvalue weighted by molar-refractivity contribution is -0.131. The maximum Gasteiger partial charge on any atom is 0.533 e. The molecule has 5 nitrogen and oxygen atoms in total. The standard InChI is InChI=1S/C18H19NO4/c20-17(13-7-12-15-8-3-1-4-9-15)19-23-18(21)22-14-16-10-5-2-6-11-16/h1-6,8-11H,7,12-14H2,(H,19,20). The minimum Gasteiger partial charge on any atom is -0.428 e. The topological polar surface area (TPSA) is 64.6 Å². The molecule has 0 spiro atoms. The highest BCUT2D eigenvalue weighted by Gasteiger charge is 2.08. The monoisotopic (exact) mass is 313 g/mol. The zero-order chi connectivity index (χ0) is 16.3. The number of hydrogen-bond acceptors (Lipinski definition) is 4. The third-order valence-corrected chi connectivity index (χ3v) is 3.16. The van der Waals surface area contributed by atoms with Gasteiger partial charge in [-0.3, -0.25) is 4.79 Å². The SMILES string of the molecule is O=C(CCCc1ccccc1)NOC(=O)OCc1ccccc1. The lowest BCUT2D eigenvalue weighted by Gasteiger charge is -2.07. The average molecular weight is 313 g/mol. The van der Waals surface area contributed by atoms with Crippen LogP contribution >= 0.6 is 0 Å². The first-order chi connectivity index (χ1) is 11.2. The van der Waals surface area contributed by atoms with E-state index in [1.54, 1.807) is 0 Å². The zero-order valence-electron chi connectivity index (χ0n) is 12.7. The molecule has 0 unspecified atom stereocenters. The zero-order valence-corrected chi connectivity index (χ0v) is 12.7. The molecule has 0 saturated heterocycles. The minimum absolute atomic E-state index is 0.101. The Kier molecular flexibility index (Phi) is 6.65. The number of hydrogen-bond donors (Lipinski definition) is 1. The van der Waals surface area contributed by atoms with Gasteiger partial charge in [-0.2, -0.15) is 5.48 Å². The number of aryl methyl sites for hydroxylation is 1. The summed E-state index contributed by atoms with van der Waals surface area (Å²) in [4.78, 5) is 27.5. The lowest BCUT2D eigenvalue weighted by Crippen LogP contribution is -2.27. The van der Waals surface area contributed by atoms with Gasteiger partial charge >= 0.3 is 6.16 Å². The first kappa shape index (κ1) is 16.5. The Morgan fingerprint density at radius 3 is 2.13 bits per heavy atom. The molecule has 0 heterocycles. The summed E-state index contributed by atoms with van der Waals surface area (Å²) in [5.41, 5.74) is 4.11. The van der Waals surface area contributed by atoms with Crippen LogP contribution in [0.25, 0.3) is 0 Å². The van der Waals surface area contributed by atoms with Gasteiger partial charge in [0.2, 0.25) is 0 Å². The van der Waals surface area contributed by atoms with Gasteiger partial charge in [-0.25, -0.2) is 4.79 Å². The Morgan fingerprint density at radius 1 is 0.870 bits per heavy atom. The molecular formula is C18H19NO4. The molecule has 2 aromatic rings. The molecule has 23 heavy (non-hydrogen) atoms. The fraction of sp³-hybridized carbons (Fsp3) is 0.222. The van der Waals surface area contributed by atoms with E-state index in [2.05, 4.69) is 10.3 Å². The van der Waals surface area contributed by atoms with Crippen molar-refractivity contribution in [3.8, 4) is 0 Å². The summed E-state index contributed by atoms with van der Waals surface area (Å²) < 4.78 is 4.88. The fourth-order valence-electron chi connectivity index (χ4n) is 1.99. The summed E-state index contributed by atoms with van der Waals surface area (Å²) in [7, 11) is 0. The Hall–Kier alpha value is -2.82. The molecule has 1 N–H and O–H groups in total. The average Bonchev–Trinajstić information content (AvgIpc) is 2.60. The summed E-state index contributed by atoms with van der Waals surface area (Å²) in [6, 6.07) is 19.1. The van der Waals surface area contributed by atoms with Crippen LogP contribution in [0.5, 0.6) is 0 Å². The molecule has 2 aromatic carbocycles. The summed E-state index contributed by atoms with van der Waals surface area (Å²) in [5, 5.41) is 0. The first-order valence-corrected chi connectivity index (χ1v) is 7.44. The highest BCUT2D eigenvalue weighted by molar-refractivity contribution is 5.76. The fourth-order valence-corrected chi connectivity index (χ4v) is 1.99. The number of carbonyl (C=O) groups is 2.